The molecular weight excluding hydrogens is 270 g/mol. The molecule has 0 aromatic carbocycles. The Hall–Kier alpha value is -2.36. The first kappa shape index (κ1) is 15.0. The smallest absolute Gasteiger partial charge is 0.407 e. The van der Waals surface area contributed by atoms with Crippen LogP contribution in [-0.4, -0.2) is 51.7 Å². The van der Waals surface area contributed by atoms with Crippen LogP contribution in [0.4, 0.5) is 10.7 Å². The van der Waals surface area contributed by atoms with Crippen molar-refractivity contribution in [1.29, 1.82) is 5.26 Å². The van der Waals surface area contributed by atoms with Crippen molar-refractivity contribution in [2.24, 2.45) is 5.41 Å². The first-order valence-corrected chi connectivity index (χ1v) is 6.79. The van der Waals surface area contributed by atoms with E-state index in [-0.39, 0.29) is 11.5 Å². The summed E-state index contributed by atoms with van der Waals surface area (Å²) in [5.41, 5.74) is 0.235. The Morgan fingerprint density at radius 1 is 1.38 bits per heavy atom. The minimum absolute atomic E-state index is 0.136. The lowest BCUT2D eigenvalue weighted by molar-refractivity contribution is 0.0745. The van der Waals surface area contributed by atoms with Gasteiger partial charge in [-0.2, -0.15) is 5.26 Å². The van der Waals surface area contributed by atoms with E-state index in [1.165, 1.54) is 17.3 Å². The second-order valence-electron chi connectivity index (χ2n) is 6.19. The van der Waals surface area contributed by atoms with E-state index in [4.69, 9.17) is 5.26 Å². The maximum atomic E-state index is 11.4. The van der Waals surface area contributed by atoms with Crippen LogP contribution in [0.1, 0.15) is 26.3 Å². The molecule has 1 unspecified atom stereocenters. The Morgan fingerprint density at radius 3 is 2.48 bits per heavy atom. The standard InChI is InChI=1S/C14H19N5O2/c1-14(2,3)11-9-18(4-5-19(11)13(20)21)12-16-7-10(6-15)8-17-12/h7-8,11H,4-5,9H2,1-3H3,(H,20,21). The number of hydrogen-bond donors (Lipinski definition) is 1. The number of carbonyl (C=O) groups is 1. The van der Waals surface area contributed by atoms with Gasteiger partial charge >= 0.3 is 6.09 Å². The van der Waals surface area contributed by atoms with Crippen LogP contribution in [-0.2, 0) is 0 Å². The average molecular weight is 289 g/mol. The zero-order chi connectivity index (χ0) is 15.6. The predicted octanol–water partition coefficient (Wildman–Crippen LogP) is 1.56. The molecular formula is C14H19N5O2. The molecule has 0 saturated carbocycles. The number of rotatable bonds is 1. The van der Waals surface area contributed by atoms with Crippen molar-refractivity contribution >= 4 is 12.0 Å². The van der Waals surface area contributed by atoms with Gasteiger partial charge in [-0.25, -0.2) is 14.8 Å². The monoisotopic (exact) mass is 289 g/mol. The lowest BCUT2D eigenvalue weighted by Crippen LogP contribution is -2.59. The molecule has 7 heteroatoms. The minimum atomic E-state index is -0.893. The van der Waals surface area contributed by atoms with Gasteiger partial charge in [0.05, 0.1) is 24.0 Å². The SMILES string of the molecule is CC(C)(C)C1CN(c2ncc(C#N)cn2)CCN1C(=O)O. The minimum Gasteiger partial charge on any atom is -0.465 e. The number of nitrogens with zero attached hydrogens (tertiary/aromatic N) is 5. The van der Waals surface area contributed by atoms with Gasteiger partial charge in [-0.05, 0) is 5.41 Å². The molecule has 1 aromatic heterocycles. The fraction of sp³-hybridized carbons (Fsp3) is 0.571. The van der Waals surface area contributed by atoms with Crippen LogP contribution in [0.5, 0.6) is 0 Å². The summed E-state index contributed by atoms with van der Waals surface area (Å²) in [5.74, 6) is 0.535. The molecule has 112 valence electrons. The second-order valence-corrected chi connectivity index (χ2v) is 6.19. The molecule has 1 fully saturated rings. The highest BCUT2D eigenvalue weighted by Gasteiger charge is 2.38. The molecule has 0 spiro atoms. The molecule has 1 aromatic rings. The van der Waals surface area contributed by atoms with E-state index < -0.39 is 6.09 Å². The summed E-state index contributed by atoms with van der Waals surface area (Å²) in [6.07, 6.45) is 2.08. The third kappa shape index (κ3) is 3.21. The van der Waals surface area contributed by atoms with Gasteiger partial charge in [-0.3, -0.25) is 0 Å². The molecule has 1 amide bonds. The van der Waals surface area contributed by atoms with Crippen molar-refractivity contribution in [3.05, 3.63) is 18.0 Å². The summed E-state index contributed by atoms with van der Waals surface area (Å²) in [5, 5.41) is 18.1. The second kappa shape index (κ2) is 5.56. The van der Waals surface area contributed by atoms with Crippen LogP contribution in [0.3, 0.4) is 0 Å². The third-order valence-electron chi connectivity index (χ3n) is 3.68. The van der Waals surface area contributed by atoms with E-state index in [0.717, 1.165) is 0 Å². The van der Waals surface area contributed by atoms with Crippen molar-refractivity contribution in [2.75, 3.05) is 24.5 Å². The van der Waals surface area contributed by atoms with Gasteiger partial charge in [-0.1, -0.05) is 20.8 Å². The average Bonchev–Trinajstić information content (AvgIpc) is 2.45. The van der Waals surface area contributed by atoms with Crippen molar-refractivity contribution in [3.63, 3.8) is 0 Å². The van der Waals surface area contributed by atoms with Crippen molar-refractivity contribution < 1.29 is 9.90 Å². The molecule has 1 saturated heterocycles. The molecule has 21 heavy (non-hydrogen) atoms. The van der Waals surface area contributed by atoms with E-state index in [2.05, 4.69) is 9.97 Å². The Morgan fingerprint density at radius 2 is 2.00 bits per heavy atom. The quantitative estimate of drug-likeness (QED) is 0.843. The van der Waals surface area contributed by atoms with E-state index in [9.17, 15) is 9.90 Å². The summed E-state index contributed by atoms with van der Waals surface area (Å²) in [6.45, 7) is 7.58. The van der Waals surface area contributed by atoms with Crippen LogP contribution in [0.2, 0.25) is 0 Å². The van der Waals surface area contributed by atoms with Crippen LogP contribution in [0.15, 0.2) is 12.4 Å². The van der Waals surface area contributed by atoms with Crippen LogP contribution in [0.25, 0.3) is 0 Å². The summed E-state index contributed by atoms with van der Waals surface area (Å²) >= 11 is 0. The number of aromatic nitrogens is 2. The third-order valence-corrected chi connectivity index (χ3v) is 3.68. The number of amides is 1. The largest absolute Gasteiger partial charge is 0.465 e. The van der Waals surface area contributed by atoms with Crippen molar-refractivity contribution in [3.8, 4) is 6.07 Å². The van der Waals surface area contributed by atoms with E-state index in [0.29, 0.717) is 31.1 Å². The maximum absolute atomic E-state index is 11.4. The molecule has 0 bridgehead atoms. The number of carboxylic acid groups (broad SMARTS) is 1. The first-order valence-electron chi connectivity index (χ1n) is 6.79. The van der Waals surface area contributed by atoms with Gasteiger partial charge < -0.3 is 14.9 Å². The molecule has 2 rings (SSSR count). The fourth-order valence-electron chi connectivity index (χ4n) is 2.48. The predicted molar refractivity (Wildman–Crippen MR) is 76.9 cm³/mol. The highest BCUT2D eigenvalue weighted by Crippen LogP contribution is 2.28. The molecule has 1 aliphatic heterocycles. The zero-order valence-electron chi connectivity index (χ0n) is 12.4. The number of nitriles is 1. The van der Waals surface area contributed by atoms with Crippen LogP contribution < -0.4 is 4.90 Å². The van der Waals surface area contributed by atoms with E-state index in [1.807, 2.05) is 31.7 Å². The van der Waals surface area contributed by atoms with E-state index >= 15 is 0 Å². The number of hydrogen-bond acceptors (Lipinski definition) is 5. The van der Waals surface area contributed by atoms with Crippen LogP contribution in [0, 0.1) is 16.7 Å². The normalized spacial score (nSPS) is 19.2. The Bertz CT molecular complexity index is 558. The molecule has 7 nitrogen and oxygen atoms in total. The maximum Gasteiger partial charge on any atom is 0.407 e. The van der Waals surface area contributed by atoms with Gasteiger partial charge in [-0.15, -0.1) is 0 Å². The Balaban J connectivity index is 2.21. The Kier molecular flexibility index (Phi) is 3.98. The lowest BCUT2D eigenvalue weighted by Gasteiger charge is -2.45. The highest BCUT2D eigenvalue weighted by atomic mass is 16.4. The van der Waals surface area contributed by atoms with Gasteiger partial charge in [0.1, 0.15) is 6.07 Å². The molecule has 1 aliphatic rings. The van der Waals surface area contributed by atoms with Gasteiger partial charge in [0, 0.05) is 19.6 Å². The summed E-state index contributed by atoms with van der Waals surface area (Å²) < 4.78 is 0. The van der Waals surface area contributed by atoms with Gasteiger partial charge in [0.25, 0.3) is 0 Å². The van der Waals surface area contributed by atoms with Gasteiger partial charge in [0.15, 0.2) is 0 Å². The first-order chi connectivity index (χ1) is 9.82. The highest BCUT2D eigenvalue weighted by molar-refractivity contribution is 5.66. The van der Waals surface area contributed by atoms with Crippen LogP contribution >= 0.6 is 0 Å². The van der Waals surface area contributed by atoms with Gasteiger partial charge in [0.2, 0.25) is 5.95 Å². The number of piperazine rings is 1. The molecule has 1 N–H and O–H groups in total. The molecule has 1 atom stereocenters. The zero-order valence-corrected chi connectivity index (χ0v) is 12.4. The molecule has 2 heterocycles. The van der Waals surface area contributed by atoms with Crippen molar-refractivity contribution in [1.82, 2.24) is 14.9 Å². The summed E-state index contributed by atoms with van der Waals surface area (Å²) in [6, 6.07) is 1.85. The number of anilines is 1. The summed E-state index contributed by atoms with van der Waals surface area (Å²) in [7, 11) is 0. The molecule has 0 radical (unpaired) electrons. The Labute approximate surface area is 123 Å². The molecule has 0 aliphatic carbocycles. The fourth-order valence-corrected chi connectivity index (χ4v) is 2.48. The topological polar surface area (TPSA) is 93.4 Å². The van der Waals surface area contributed by atoms with E-state index in [1.54, 1.807) is 0 Å². The summed E-state index contributed by atoms with van der Waals surface area (Å²) in [4.78, 5) is 23.2. The lowest BCUT2D eigenvalue weighted by atomic mass is 9.84. The van der Waals surface area contributed by atoms with Crippen molar-refractivity contribution in [2.45, 2.75) is 26.8 Å².